The van der Waals surface area contributed by atoms with Gasteiger partial charge in [0, 0.05) is 16.6 Å². The second-order valence-corrected chi connectivity index (χ2v) is 5.14. The van der Waals surface area contributed by atoms with E-state index >= 15 is 0 Å². The number of benzene rings is 2. The van der Waals surface area contributed by atoms with Crippen molar-refractivity contribution in [3.8, 4) is 0 Å². The van der Waals surface area contributed by atoms with E-state index in [1.165, 1.54) is 11.8 Å². The standard InChI is InChI=1S/C15H12F2N2O2S/c1-22-11-4-2-3-10(8-11)18-14(20)15(21)19-13-6-5-9(16)7-12(13)17/h2-8H,1H3,(H,18,20)(H,19,21). The first-order chi connectivity index (χ1) is 10.5. The normalized spacial score (nSPS) is 10.1. The average Bonchev–Trinajstić information content (AvgIpc) is 2.50. The van der Waals surface area contributed by atoms with Crippen LogP contribution in [0.4, 0.5) is 20.2 Å². The third-order valence-electron chi connectivity index (χ3n) is 2.71. The summed E-state index contributed by atoms with van der Waals surface area (Å²) in [5.74, 6) is -3.71. The molecule has 0 bridgehead atoms. The minimum absolute atomic E-state index is 0.264. The van der Waals surface area contributed by atoms with Crippen LogP contribution in [0.3, 0.4) is 0 Å². The first-order valence-corrected chi connectivity index (χ1v) is 7.43. The number of carbonyl (C=O) groups excluding carboxylic acids is 2. The molecule has 0 aliphatic rings. The fourth-order valence-electron chi connectivity index (χ4n) is 1.66. The lowest BCUT2D eigenvalue weighted by molar-refractivity contribution is -0.133. The Morgan fingerprint density at radius 1 is 1.00 bits per heavy atom. The van der Waals surface area contributed by atoms with Gasteiger partial charge in [-0.3, -0.25) is 9.59 Å². The largest absolute Gasteiger partial charge is 0.318 e. The van der Waals surface area contributed by atoms with Gasteiger partial charge in [0.25, 0.3) is 0 Å². The van der Waals surface area contributed by atoms with Gasteiger partial charge < -0.3 is 10.6 Å². The Morgan fingerprint density at radius 3 is 2.41 bits per heavy atom. The molecule has 2 aromatic rings. The summed E-state index contributed by atoms with van der Waals surface area (Å²) in [6.07, 6.45) is 1.88. The Labute approximate surface area is 129 Å². The van der Waals surface area contributed by atoms with Gasteiger partial charge in [-0.1, -0.05) is 6.07 Å². The third kappa shape index (κ3) is 4.05. The van der Waals surface area contributed by atoms with Gasteiger partial charge in [-0.25, -0.2) is 8.78 Å². The highest BCUT2D eigenvalue weighted by Gasteiger charge is 2.16. The van der Waals surface area contributed by atoms with Crippen molar-refractivity contribution in [2.24, 2.45) is 0 Å². The number of thioether (sulfide) groups is 1. The van der Waals surface area contributed by atoms with Crippen LogP contribution in [-0.2, 0) is 9.59 Å². The monoisotopic (exact) mass is 322 g/mol. The summed E-state index contributed by atoms with van der Waals surface area (Å²) < 4.78 is 26.2. The Bertz CT molecular complexity index is 722. The Morgan fingerprint density at radius 2 is 1.73 bits per heavy atom. The number of anilines is 2. The second kappa shape index (κ2) is 7.04. The molecule has 0 heterocycles. The maximum absolute atomic E-state index is 13.4. The molecule has 0 saturated carbocycles. The van der Waals surface area contributed by atoms with Gasteiger partial charge in [-0.05, 0) is 36.6 Å². The van der Waals surface area contributed by atoms with Crippen molar-refractivity contribution < 1.29 is 18.4 Å². The molecule has 2 aromatic carbocycles. The summed E-state index contributed by atoms with van der Waals surface area (Å²) in [5.41, 5.74) is 0.186. The SMILES string of the molecule is CSc1cccc(NC(=O)C(=O)Nc2ccc(F)cc2F)c1. The van der Waals surface area contributed by atoms with E-state index in [4.69, 9.17) is 0 Å². The first-order valence-electron chi connectivity index (χ1n) is 6.21. The lowest BCUT2D eigenvalue weighted by Gasteiger charge is -2.08. The van der Waals surface area contributed by atoms with Crippen LogP contribution >= 0.6 is 11.8 Å². The number of carbonyl (C=O) groups is 2. The van der Waals surface area contributed by atoms with Crippen molar-refractivity contribution in [1.82, 2.24) is 0 Å². The van der Waals surface area contributed by atoms with Crippen molar-refractivity contribution in [2.45, 2.75) is 4.90 Å². The maximum atomic E-state index is 13.4. The average molecular weight is 322 g/mol. The molecule has 0 fully saturated rings. The van der Waals surface area contributed by atoms with Crippen molar-refractivity contribution in [2.75, 3.05) is 16.9 Å². The molecule has 0 unspecified atom stereocenters. The van der Waals surface area contributed by atoms with E-state index in [0.717, 1.165) is 17.0 Å². The highest BCUT2D eigenvalue weighted by molar-refractivity contribution is 7.98. The number of halogens is 2. The van der Waals surface area contributed by atoms with E-state index in [0.29, 0.717) is 11.8 Å². The van der Waals surface area contributed by atoms with E-state index in [-0.39, 0.29) is 5.69 Å². The molecule has 0 aliphatic carbocycles. The zero-order valence-electron chi connectivity index (χ0n) is 11.5. The molecule has 0 aliphatic heterocycles. The van der Waals surface area contributed by atoms with E-state index < -0.39 is 23.4 Å². The number of hydrogen-bond acceptors (Lipinski definition) is 3. The lowest BCUT2D eigenvalue weighted by atomic mass is 10.3. The van der Waals surface area contributed by atoms with Gasteiger partial charge in [-0.2, -0.15) is 0 Å². The summed E-state index contributed by atoms with van der Waals surface area (Å²) >= 11 is 1.49. The van der Waals surface area contributed by atoms with E-state index in [9.17, 15) is 18.4 Å². The quantitative estimate of drug-likeness (QED) is 0.673. The predicted octanol–water partition coefficient (Wildman–Crippen LogP) is 3.26. The van der Waals surface area contributed by atoms with E-state index in [1.807, 2.05) is 12.3 Å². The Hall–Kier alpha value is -2.41. The molecular weight excluding hydrogens is 310 g/mol. The van der Waals surface area contributed by atoms with Crippen LogP contribution < -0.4 is 10.6 Å². The fourth-order valence-corrected chi connectivity index (χ4v) is 2.12. The zero-order chi connectivity index (χ0) is 16.1. The molecule has 22 heavy (non-hydrogen) atoms. The van der Waals surface area contributed by atoms with Gasteiger partial charge >= 0.3 is 11.8 Å². The van der Waals surface area contributed by atoms with Gasteiger partial charge in [0.2, 0.25) is 0 Å². The number of nitrogens with one attached hydrogen (secondary N) is 2. The van der Waals surface area contributed by atoms with E-state index in [2.05, 4.69) is 10.6 Å². The zero-order valence-corrected chi connectivity index (χ0v) is 12.3. The molecule has 0 atom stereocenters. The van der Waals surface area contributed by atoms with Gasteiger partial charge in [-0.15, -0.1) is 11.8 Å². The predicted molar refractivity (Wildman–Crippen MR) is 81.8 cm³/mol. The van der Waals surface area contributed by atoms with Crippen molar-refractivity contribution in [1.29, 1.82) is 0 Å². The number of rotatable bonds is 3. The third-order valence-corrected chi connectivity index (χ3v) is 3.44. The highest BCUT2D eigenvalue weighted by Crippen LogP contribution is 2.19. The minimum Gasteiger partial charge on any atom is -0.318 e. The van der Waals surface area contributed by atoms with Crippen LogP contribution in [0.15, 0.2) is 47.4 Å². The van der Waals surface area contributed by atoms with Crippen molar-refractivity contribution in [3.05, 3.63) is 54.1 Å². The fraction of sp³-hybridized carbons (Fsp3) is 0.0667. The molecule has 0 radical (unpaired) electrons. The van der Waals surface area contributed by atoms with Crippen LogP contribution in [-0.4, -0.2) is 18.1 Å². The Balaban J connectivity index is 2.04. The van der Waals surface area contributed by atoms with Crippen molar-refractivity contribution in [3.63, 3.8) is 0 Å². The summed E-state index contributed by atoms with van der Waals surface area (Å²) in [6.45, 7) is 0. The van der Waals surface area contributed by atoms with E-state index in [1.54, 1.807) is 18.2 Å². The molecule has 2 amide bonds. The van der Waals surface area contributed by atoms with Crippen molar-refractivity contribution >= 4 is 35.0 Å². The molecule has 2 N–H and O–H groups in total. The van der Waals surface area contributed by atoms with Crippen LogP contribution in [0.5, 0.6) is 0 Å². The van der Waals surface area contributed by atoms with Crippen LogP contribution in [0.1, 0.15) is 0 Å². The summed E-state index contributed by atoms with van der Waals surface area (Å²) in [7, 11) is 0. The minimum atomic E-state index is -1.04. The molecule has 0 saturated heterocycles. The van der Waals surface area contributed by atoms with Gasteiger partial charge in [0.15, 0.2) is 0 Å². The smallest absolute Gasteiger partial charge is 0.314 e. The molecule has 0 spiro atoms. The van der Waals surface area contributed by atoms with Gasteiger partial charge in [0.1, 0.15) is 11.6 Å². The summed E-state index contributed by atoms with van der Waals surface area (Å²) in [4.78, 5) is 24.4. The topological polar surface area (TPSA) is 58.2 Å². The molecule has 0 aromatic heterocycles. The maximum Gasteiger partial charge on any atom is 0.314 e. The second-order valence-electron chi connectivity index (χ2n) is 4.26. The van der Waals surface area contributed by atoms with Crippen LogP contribution in [0.25, 0.3) is 0 Å². The molecule has 2 rings (SSSR count). The lowest BCUT2D eigenvalue weighted by Crippen LogP contribution is -2.29. The Kier molecular flexibility index (Phi) is 5.11. The van der Waals surface area contributed by atoms with Gasteiger partial charge in [0.05, 0.1) is 5.69 Å². The number of hydrogen-bond donors (Lipinski definition) is 2. The van der Waals surface area contributed by atoms with Crippen LogP contribution in [0.2, 0.25) is 0 Å². The molecular formula is C15H12F2N2O2S. The molecule has 7 heteroatoms. The molecule has 4 nitrogen and oxygen atoms in total. The summed E-state index contributed by atoms with van der Waals surface area (Å²) in [5, 5.41) is 4.49. The van der Waals surface area contributed by atoms with Crippen LogP contribution in [0, 0.1) is 11.6 Å². The first kappa shape index (κ1) is 16.0. The molecule has 114 valence electrons. The highest BCUT2D eigenvalue weighted by atomic mass is 32.2. The number of amides is 2. The summed E-state index contributed by atoms with van der Waals surface area (Å²) in [6, 6.07) is 9.57.